The van der Waals surface area contributed by atoms with Crippen molar-refractivity contribution in [3.05, 3.63) is 41.1 Å². The average Bonchev–Trinajstić information content (AvgIpc) is 2.98. The SMILES string of the molecule is CC(C)CN1CCC(n2cc(-c3ccc(Br)cc3)cn2)CC1. The van der Waals surface area contributed by atoms with Gasteiger partial charge >= 0.3 is 0 Å². The van der Waals surface area contributed by atoms with Crippen molar-refractivity contribution in [3.8, 4) is 11.1 Å². The number of halogens is 1. The number of likely N-dealkylation sites (tertiary alicyclic amines) is 1. The van der Waals surface area contributed by atoms with E-state index in [1.54, 1.807) is 0 Å². The topological polar surface area (TPSA) is 21.1 Å². The number of piperidine rings is 1. The second-order valence-electron chi connectivity index (χ2n) is 6.64. The number of nitrogens with zero attached hydrogens (tertiary/aromatic N) is 3. The lowest BCUT2D eigenvalue weighted by atomic mass is 10.0. The minimum Gasteiger partial charge on any atom is -0.303 e. The highest BCUT2D eigenvalue weighted by Gasteiger charge is 2.21. The molecule has 0 atom stereocenters. The molecule has 1 aliphatic heterocycles. The molecule has 0 aliphatic carbocycles. The summed E-state index contributed by atoms with van der Waals surface area (Å²) in [5.74, 6) is 0.755. The fraction of sp³-hybridized carbons (Fsp3) is 0.500. The third-order valence-corrected chi connectivity index (χ3v) is 4.86. The Hall–Kier alpha value is -1.13. The van der Waals surface area contributed by atoms with Crippen molar-refractivity contribution >= 4 is 15.9 Å². The van der Waals surface area contributed by atoms with Crippen LogP contribution < -0.4 is 0 Å². The van der Waals surface area contributed by atoms with E-state index in [1.807, 2.05) is 6.20 Å². The van der Waals surface area contributed by atoms with Crippen LogP contribution in [0.25, 0.3) is 11.1 Å². The van der Waals surface area contributed by atoms with Crippen LogP contribution in [0.15, 0.2) is 41.1 Å². The van der Waals surface area contributed by atoms with Gasteiger partial charge in [0.05, 0.1) is 12.2 Å². The molecule has 1 fully saturated rings. The lowest BCUT2D eigenvalue weighted by molar-refractivity contribution is 0.164. The van der Waals surface area contributed by atoms with Crippen LogP contribution in [0.1, 0.15) is 32.7 Å². The number of rotatable bonds is 4. The molecule has 0 saturated carbocycles. The first-order chi connectivity index (χ1) is 10.6. The molecule has 0 amide bonds. The van der Waals surface area contributed by atoms with Gasteiger partial charge in [0.1, 0.15) is 0 Å². The first-order valence-electron chi connectivity index (χ1n) is 8.14. The Bertz CT molecular complexity index is 595. The molecule has 1 aliphatic rings. The molecule has 2 aromatic rings. The molecule has 1 aromatic heterocycles. The van der Waals surface area contributed by atoms with Gasteiger partial charge in [-0.1, -0.05) is 41.9 Å². The van der Waals surface area contributed by atoms with Gasteiger partial charge in [0.15, 0.2) is 0 Å². The van der Waals surface area contributed by atoms with Gasteiger partial charge < -0.3 is 4.90 Å². The minimum absolute atomic E-state index is 0.549. The Balaban J connectivity index is 1.64. The van der Waals surface area contributed by atoms with Gasteiger partial charge in [-0.05, 0) is 36.5 Å². The Kier molecular flexibility index (Phi) is 4.99. The van der Waals surface area contributed by atoms with Gasteiger partial charge in [0, 0.05) is 35.9 Å². The van der Waals surface area contributed by atoms with E-state index in [0.29, 0.717) is 6.04 Å². The Labute approximate surface area is 141 Å². The van der Waals surface area contributed by atoms with Gasteiger partial charge in [-0.15, -0.1) is 0 Å². The predicted molar refractivity (Wildman–Crippen MR) is 94.9 cm³/mol. The molecule has 1 aromatic carbocycles. The Morgan fingerprint density at radius 1 is 1.14 bits per heavy atom. The summed E-state index contributed by atoms with van der Waals surface area (Å²) in [6.07, 6.45) is 6.60. The maximum absolute atomic E-state index is 4.61. The summed E-state index contributed by atoms with van der Waals surface area (Å²) >= 11 is 3.48. The van der Waals surface area contributed by atoms with E-state index in [9.17, 15) is 0 Å². The summed E-state index contributed by atoms with van der Waals surface area (Å²) in [6, 6.07) is 8.98. The zero-order valence-electron chi connectivity index (χ0n) is 13.4. The van der Waals surface area contributed by atoms with Gasteiger partial charge in [-0.3, -0.25) is 4.68 Å². The third-order valence-electron chi connectivity index (χ3n) is 4.33. The molecule has 3 rings (SSSR count). The van der Waals surface area contributed by atoms with Crippen LogP contribution in [0.2, 0.25) is 0 Å². The average molecular weight is 362 g/mol. The normalized spacial score (nSPS) is 17.3. The molecule has 22 heavy (non-hydrogen) atoms. The van der Waals surface area contributed by atoms with Crippen molar-refractivity contribution in [1.29, 1.82) is 0 Å². The molecule has 2 heterocycles. The van der Waals surface area contributed by atoms with E-state index in [2.05, 4.69) is 74.9 Å². The van der Waals surface area contributed by atoms with Crippen LogP contribution in [-0.2, 0) is 0 Å². The van der Waals surface area contributed by atoms with Crippen LogP contribution in [0.5, 0.6) is 0 Å². The maximum atomic E-state index is 4.61. The van der Waals surface area contributed by atoms with Gasteiger partial charge in [-0.25, -0.2) is 0 Å². The number of aromatic nitrogens is 2. The molecular formula is C18H24BrN3. The van der Waals surface area contributed by atoms with Gasteiger partial charge in [-0.2, -0.15) is 5.10 Å². The number of benzene rings is 1. The maximum Gasteiger partial charge on any atom is 0.0568 e. The van der Waals surface area contributed by atoms with E-state index < -0.39 is 0 Å². The summed E-state index contributed by atoms with van der Waals surface area (Å²) in [5, 5.41) is 4.61. The second-order valence-corrected chi connectivity index (χ2v) is 7.56. The summed E-state index contributed by atoms with van der Waals surface area (Å²) < 4.78 is 3.28. The molecule has 0 unspecified atom stereocenters. The van der Waals surface area contributed by atoms with Crippen LogP contribution in [0.4, 0.5) is 0 Å². The van der Waals surface area contributed by atoms with Crippen molar-refractivity contribution < 1.29 is 0 Å². The summed E-state index contributed by atoms with van der Waals surface area (Å²) in [4.78, 5) is 2.58. The van der Waals surface area contributed by atoms with Crippen LogP contribution in [-0.4, -0.2) is 34.3 Å². The van der Waals surface area contributed by atoms with Gasteiger partial charge in [0.2, 0.25) is 0 Å². The van der Waals surface area contributed by atoms with Crippen LogP contribution in [0.3, 0.4) is 0 Å². The lowest BCUT2D eigenvalue weighted by Gasteiger charge is -2.33. The van der Waals surface area contributed by atoms with Crippen molar-refractivity contribution in [3.63, 3.8) is 0 Å². The van der Waals surface area contributed by atoms with E-state index in [-0.39, 0.29) is 0 Å². The highest BCUT2D eigenvalue weighted by Crippen LogP contribution is 2.26. The lowest BCUT2D eigenvalue weighted by Crippen LogP contribution is -2.36. The molecule has 1 saturated heterocycles. The number of hydrogen-bond acceptors (Lipinski definition) is 2. The molecule has 4 heteroatoms. The van der Waals surface area contributed by atoms with E-state index in [0.717, 1.165) is 10.4 Å². The van der Waals surface area contributed by atoms with Crippen molar-refractivity contribution in [2.45, 2.75) is 32.7 Å². The predicted octanol–water partition coefficient (Wildman–Crippen LogP) is 4.61. The first kappa shape index (κ1) is 15.8. The quantitative estimate of drug-likeness (QED) is 0.792. The minimum atomic E-state index is 0.549. The van der Waals surface area contributed by atoms with Crippen LogP contribution in [0, 0.1) is 5.92 Å². The highest BCUT2D eigenvalue weighted by atomic mass is 79.9. The number of hydrogen-bond donors (Lipinski definition) is 0. The Morgan fingerprint density at radius 2 is 1.82 bits per heavy atom. The van der Waals surface area contributed by atoms with Crippen molar-refractivity contribution in [2.75, 3.05) is 19.6 Å². The smallest absolute Gasteiger partial charge is 0.0568 e. The second kappa shape index (κ2) is 6.97. The van der Waals surface area contributed by atoms with Crippen molar-refractivity contribution in [1.82, 2.24) is 14.7 Å². The van der Waals surface area contributed by atoms with E-state index in [1.165, 1.54) is 43.6 Å². The molecule has 0 bridgehead atoms. The molecular weight excluding hydrogens is 338 g/mol. The fourth-order valence-electron chi connectivity index (χ4n) is 3.21. The molecule has 0 radical (unpaired) electrons. The van der Waals surface area contributed by atoms with Gasteiger partial charge in [0.25, 0.3) is 0 Å². The first-order valence-corrected chi connectivity index (χ1v) is 8.93. The zero-order chi connectivity index (χ0) is 15.5. The molecule has 118 valence electrons. The summed E-state index contributed by atoms with van der Waals surface area (Å²) in [5.41, 5.74) is 2.43. The standard InChI is InChI=1S/C18H24BrN3/c1-14(2)12-21-9-7-18(8-10-21)22-13-16(11-20-22)15-3-5-17(19)6-4-15/h3-6,11,13-14,18H,7-10,12H2,1-2H3. The zero-order valence-corrected chi connectivity index (χ0v) is 15.0. The van der Waals surface area contributed by atoms with Crippen LogP contribution >= 0.6 is 15.9 Å². The monoisotopic (exact) mass is 361 g/mol. The summed E-state index contributed by atoms with van der Waals surface area (Å²) in [6.45, 7) is 8.19. The molecule has 3 nitrogen and oxygen atoms in total. The highest BCUT2D eigenvalue weighted by molar-refractivity contribution is 9.10. The fourth-order valence-corrected chi connectivity index (χ4v) is 3.48. The Morgan fingerprint density at radius 3 is 2.45 bits per heavy atom. The van der Waals surface area contributed by atoms with E-state index in [4.69, 9.17) is 0 Å². The third kappa shape index (κ3) is 3.79. The molecule has 0 N–H and O–H groups in total. The molecule has 0 spiro atoms. The largest absolute Gasteiger partial charge is 0.303 e. The van der Waals surface area contributed by atoms with Crippen molar-refractivity contribution in [2.24, 2.45) is 5.92 Å². The summed E-state index contributed by atoms with van der Waals surface area (Å²) in [7, 11) is 0. The van der Waals surface area contributed by atoms with E-state index >= 15 is 0 Å².